The molecule has 0 aliphatic carbocycles. The van der Waals surface area contributed by atoms with E-state index in [0.717, 1.165) is 5.56 Å². The molecule has 0 radical (unpaired) electrons. The number of amides is 1. The summed E-state index contributed by atoms with van der Waals surface area (Å²) in [6, 6.07) is 3.57. The second-order valence-corrected chi connectivity index (χ2v) is 7.01. The average molecular weight is 338 g/mol. The summed E-state index contributed by atoms with van der Waals surface area (Å²) in [5.41, 5.74) is -0.103. The normalized spacial score (nSPS) is 16.1. The maximum Gasteiger partial charge on any atom is 0.412 e. The zero-order valence-electron chi connectivity index (χ0n) is 14.9. The Balaban J connectivity index is 2.27. The second-order valence-electron chi connectivity index (χ2n) is 7.01. The number of carbonyl (C=O) groups is 1. The SMILES string of the molecule is COc1cc(CC2(O)CNC2)cc(NC(=O)OC(C)(C)C)c1OC. The molecule has 1 aliphatic rings. The number of methoxy groups -OCH3 is 2. The number of hydrogen-bond acceptors (Lipinski definition) is 6. The summed E-state index contributed by atoms with van der Waals surface area (Å²) < 4.78 is 16.0. The van der Waals surface area contributed by atoms with Crippen molar-refractivity contribution in [1.29, 1.82) is 0 Å². The lowest BCUT2D eigenvalue weighted by atomic mass is 9.89. The smallest absolute Gasteiger partial charge is 0.412 e. The van der Waals surface area contributed by atoms with Crippen molar-refractivity contribution < 1.29 is 24.1 Å². The molecular weight excluding hydrogens is 312 g/mol. The number of anilines is 1. The first-order valence-electron chi connectivity index (χ1n) is 7.84. The van der Waals surface area contributed by atoms with Gasteiger partial charge in [-0.25, -0.2) is 4.79 Å². The van der Waals surface area contributed by atoms with E-state index in [1.807, 2.05) is 0 Å². The van der Waals surface area contributed by atoms with E-state index >= 15 is 0 Å². The van der Waals surface area contributed by atoms with Crippen LogP contribution in [0.1, 0.15) is 26.3 Å². The van der Waals surface area contributed by atoms with Crippen LogP contribution >= 0.6 is 0 Å². The number of nitrogens with one attached hydrogen (secondary N) is 2. The Labute approximate surface area is 142 Å². The van der Waals surface area contributed by atoms with Crippen LogP contribution in [-0.4, -0.2) is 49.7 Å². The van der Waals surface area contributed by atoms with Crippen LogP contribution in [0.2, 0.25) is 0 Å². The quantitative estimate of drug-likeness (QED) is 0.760. The van der Waals surface area contributed by atoms with Crippen molar-refractivity contribution >= 4 is 11.8 Å². The molecule has 1 saturated heterocycles. The van der Waals surface area contributed by atoms with Crippen molar-refractivity contribution in [2.24, 2.45) is 0 Å². The Morgan fingerprint density at radius 1 is 1.29 bits per heavy atom. The number of ether oxygens (including phenoxy) is 3. The van der Waals surface area contributed by atoms with Crippen LogP contribution in [0, 0.1) is 0 Å². The summed E-state index contributed by atoms with van der Waals surface area (Å²) in [5.74, 6) is 0.891. The van der Waals surface area contributed by atoms with Gasteiger partial charge in [-0.05, 0) is 38.5 Å². The Morgan fingerprint density at radius 2 is 1.96 bits per heavy atom. The molecule has 3 N–H and O–H groups in total. The van der Waals surface area contributed by atoms with Crippen molar-refractivity contribution in [3.63, 3.8) is 0 Å². The summed E-state index contributed by atoms with van der Waals surface area (Å²) >= 11 is 0. The maximum atomic E-state index is 12.1. The minimum Gasteiger partial charge on any atom is -0.493 e. The Kier molecular flexibility index (Phi) is 5.25. The standard InChI is InChI=1S/C17H26N2O5/c1-16(2,3)24-15(20)19-12-6-11(8-17(21)9-18-10-17)7-13(22-4)14(12)23-5/h6-7,18,21H,8-10H2,1-5H3,(H,19,20). The predicted molar refractivity (Wildman–Crippen MR) is 90.9 cm³/mol. The van der Waals surface area contributed by atoms with E-state index in [1.54, 1.807) is 32.9 Å². The summed E-state index contributed by atoms with van der Waals surface area (Å²) in [7, 11) is 3.03. The first-order chi connectivity index (χ1) is 11.2. The predicted octanol–water partition coefficient (Wildman–Crippen LogP) is 1.93. The highest BCUT2D eigenvalue weighted by molar-refractivity contribution is 5.88. The number of rotatable bonds is 5. The molecule has 1 heterocycles. The zero-order chi connectivity index (χ0) is 18.0. The molecule has 7 heteroatoms. The van der Waals surface area contributed by atoms with E-state index in [9.17, 15) is 9.90 Å². The number of hydrogen-bond donors (Lipinski definition) is 3. The highest BCUT2D eigenvalue weighted by Crippen LogP contribution is 2.38. The summed E-state index contributed by atoms with van der Waals surface area (Å²) in [6.07, 6.45) is -0.132. The molecule has 24 heavy (non-hydrogen) atoms. The van der Waals surface area contributed by atoms with Gasteiger partial charge in [0, 0.05) is 19.5 Å². The van der Waals surface area contributed by atoms with Crippen LogP contribution < -0.4 is 20.1 Å². The maximum absolute atomic E-state index is 12.1. The largest absolute Gasteiger partial charge is 0.493 e. The Hall–Kier alpha value is -1.99. The first kappa shape index (κ1) is 18.4. The molecule has 0 unspecified atom stereocenters. The number of carbonyl (C=O) groups excluding carboxylic acids is 1. The minimum absolute atomic E-state index is 0.408. The van der Waals surface area contributed by atoms with Crippen LogP contribution in [0.15, 0.2) is 12.1 Å². The monoisotopic (exact) mass is 338 g/mol. The number of benzene rings is 1. The highest BCUT2D eigenvalue weighted by atomic mass is 16.6. The molecule has 0 saturated carbocycles. The van der Waals surface area contributed by atoms with Crippen LogP contribution in [0.3, 0.4) is 0 Å². The third-order valence-corrected chi connectivity index (χ3v) is 3.62. The van der Waals surface area contributed by atoms with E-state index in [2.05, 4.69) is 10.6 Å². The lowest BCUT2D eigenvalue weighted by Crippen LogP contribution is -2.60. The first-order valence-corrected chi connectivity index (χ1v) is 7.84. The molecule has 1 aromatic carbocycles. The van der Waals surface area contributed by atoms with E-state index in [1.165, 1.54) is 14.2 Å². The number of β-amino-alcohol motifs (C(OH)–C–C–N with tert-alkyl or cyclic N) is 1. The van der Waals surface area contributed by atoms with Gasteiger partial charge in [0.25, 0.3) is 0 Å². The molecule has 0 bridgehead atoms. The Morgan fingerprint density at radius 3 is 2.42 bits per heavy atom. The van der Waals surface area contributed by atoms with Crippen molar-refractivity contribution in [1.82, 2.24) is 5.32 Å². The molecular formula is C17H26N2O5. The summed E-state index contributed by atoms with van der Waals surface area (Å²) in [6.45, 7) is 6.45. The fourth-order valence-corrected chi connectivity index (χ4v) is 2.55. The Bertz CT molecular complexity index is 606. The van der Waals surface area contributed by atoms with Gasteiger partial charge in [0.1, 0.15) is 5.60 Å². The van der Waals surface area contributed by atoms with Crippen LogP contribution in [-0.2, 0) is 11.2 Å². The van der Waals surface area contributed by atoms with Crippen molar-refractivity contribution in [2.45, 2.75) is 38.4 Å². The molecule has 0 aromatic heterocycles. The van der Waals surface area contributed by atoms with Crippen molar-refractivity contribution in [3.8, 4) is 11.5 Å². The molecule has 2 rings (SSSR count). The molecule has 1 aromatic rings. The third-order valence-electron chi connectivity index (χ3n) is 3.62. The third kappa shape index (κ3) is 4.52. The summed E-state index contributed by atoms with van der Waals surface area (Å²) in [4.78, 5) is 12.1. The van der Waals surface area contributed by atoms with Gasteiger partial charge in [-0.3, -0.25) is 5.32 Å². The lowest BCUT2D eigenvalue weighted by molar-refractivity contribution is -0.00904. The van der Waals surface area contributed by atoms with Crippen molar-refractivity contribution in [3.05, 3.63) is 17.7 Å². The topological polar surface area (TPSA) is 89.1 Å². The van der Waals surface area contributed by atoms with Crippen LogP contribution in [0.25, 0.3) is 0 Å². The average Bonchev–Trinajstić information content (AvgIpc) is 2.42. The minimum atomic E-state index is -0.775. The fourth-order valence-electron chi connectivity index (χ4n) is 2.55. The van der Waals surface area contributed by atoms with Gasteiger partial charge < -0.3 is 24.6 Å². The molecule has 1 amide bonds. The second kappa shape index (κ2) is 6.86. The lowest BCUT2D eigenvalue weighted by Gasteiger charge is -2.37. The van der Waals surface area contributed by atoms with Gasteiger partial charge in [0.15, 0.2) is 11.5 Å². The molecule has 0 spiro atoms. The zero-order valence-corrected chi connectivity index (χ0v) is 14.9. The van der Waals surface area contributed by atoms with Gasteiger partial charge in [0.05, 0.1) is 25.5 Å². The van der Waals surface area contributed by atoms with E-state index in [-0.39, 0.29) is 0 Å². The van der Waals surface area contributed by atoms with Gasteiger partial charge in [-0.15, -0.1) is 0 Å². The molecule has 1 fully saturated rings. The molecule has 134 valence electrons. The van der Waals surface area contributed by atoms with Crippen LogP contribution in [0.5, 0.6) is 11.5 Å². The summed E-state index contributed by atoms with van der Waals surface area (Å²) in [5, 5.41) is 16.1. The van der Waals surface area contributed by atoms with Gasteiger partial charge >= 0.3 is 6.09 Å². The molecule has 0 atom stereocenters. The van der Waals surface area contributed by atoms with Crippen molar-refractivity contribution in [2.75, 3.05) is 32.6 Å². The highest BCUT2D eigenvalue weighted by Gasteiger charge is 2.34. The van der Waals surface area contributed by atoms with Gasteiger partial charge in [-0.1, -0.05) is 0 Å². The fraction of sp³-hybridized carbons (Fsp3) is 0.588. The van der Waals surface area contributed by atoms with Gasteiger partial charge in [-0.2, -0.15) is 0 Å². The van der Waals surface area contributed by atoms with E-state index in [0.29, 0.717) is 36.7 Å². The van der Waals surface area contributed by atoms with E-state index < -0.39 is 17.3 Å². The van der Waals surface area contributed by atoms with Crippen LogP contribution in [0.4, 0.5) is 10.5 Å². The van der Waals surface area contributed by atoms with Gasteiger partial charge in [0.2, 0.25) is 0 Å². The number of aliphatic hydroxyl groups is 1. The van der Waals surface area contributed by atoms with E-state index in [4.69, 9.17) is 14.2 Å². The molecule has 1 aliphatic heterocycles. The molecule has 7 nitrogen and oxygen atoms in total.